The molecule has 13 heavy (non-hydrogen) atoms. The molecule has 0 unspecified atom stereocenters. The lowest BCUT2D eigenvalue weighted by Gasteiger charge is -1.95. The predicted molar refractivity (Wildman–Crippen MR) is 56.3 cm³/mol. The second-order valence-electron chi connectivity index (χ2n) is 2.57. The van der Waals surface area contributed by atoms with Gasteiger partial charge in [-0.2, -0.15) is 5.10 Å². The summed E-state index contributed by atoms with van der Waals surface area (Å²) in [6.45, 7) is 2.07. The third-order valence-electron chi connectivity index (χ3n) is 1.52. The number of allylic oxidation sites excluding steroid dienone is 1. The van der Waals surface area contributed by atoms with Gasteiger partial charge >= 0.3 is 5.97 Å². The van der Waals surface area contributed by atoms with E-state index < -0.39 is 5.97 Å². The summed E-state index contributed by atoms with van der Waals surface area (Å²) in [7, 11) is 0. The summed E-state index contributed by atoms with van der Waals surface area (Å²) >= 11 is 2.15. The first-order chi connectivity index (χ1) is 6.09. The summed E-state index contributed by atoms with van der Waals surface area (Å²) in [4.78, 5) is 10.4. The van der Waals surface area contributed by atoms with E-state index in [1.54, 1.807) is 23.9 Å². The van der Waals surface area contributed by atoms with E-state index in [4.69, 9.17) is 5.11 Å². The Balaban J connectivity index is 2.61. The van der Waals surface area contributed by atoms with E-state index in [2.05, 4.69) is 27.7 Å². The maximum absolute atomic E-state index is 10.4. The zero-order valence-corrected chi connectivity index (χ0v) is 9.22. The molecule has 0 radical (unpaired) electrons. The van der Waals surface area contributed by atoms with Gasteiger partial charge in [-0.1, -0.05) is 6.08 Å². The number of hydrogen-bond donors (Lipinski definition) is 1. The van der Waals surface area contributed by atoms with Crippen molar-refractivity contribution in [3.8, 4) is 0 Å². The first-order valence-electron chi connectivity index (χ1n) is 3.67. The van der Waals surface area contributed by atoms with Crippen LogP contribution in [0.2, 0.25) is 0 Å². The van der Waals surface area contributed by atoms with Crippen LogP contribution in [0.1, 0.15) is 6.92 Å². The minimum Gasteiger partial charge on any atom is -0.478 e. The highest BCUT2D eigenvalue weighted by atomic mass is 127. The third kappa shape index (κ3) is 3.17. The van der Waals surface area contributed by atoms with Crippen LogP contribution in [0.3, 0.4) is 0 Å². The Hall–Kier alpha value is -0.850. The van der Waals surface area contributed by atoms with Gasteiger partial charge in [0, 0.05) is 11.8 Å². The highest BCUT2D eigenvalue weighted by Gasteiger charge is 1.98. The molecule has 0 bridgehead atoms. The molecule has 0 aromatic carbocycles. The average Bonchev–Trinajstić information content (AvgIpc) is 2.47. The minimum atomic E-state index is -0.887. The van der Waals surface area contributed by atoms with Gasteiger partial charge in [0.25, 0.3) is 0 Å². The van der Waals surface area contributed by atoms with Crippen LogP contribution in [0.5, 0.6) is 0 Å². The van der Waals surface area contributed by atoms with E-state index in [1.807, 2.05) is 6.20 Å². The summed E-state index contributed by atoms with van der Waals surface area (Å²) in [6, 6.07) is 0. The van der Waals surface area contributed by atoms with Gasteiger partial charge in [-0.15, -0.1) is 0 Å². The number of halogens is 1. The molecule has 0 atom stereocenters. The zero-order valence-electron chi connectivity index (χ0n) is 7.07. The van der Waals surface area contributed by atoms with Gasteiger partial charge in [-0.05, 0) is 29.5 Å². The second kappa shape index (κ2) is 4.40. The fourth-order valence-electron chi connectivity index (χ4n) is 0.756. The number of aromatic nitrogens is 2. The number of aliphatic carboxylic acids is 1. The van der Waals surface area contributed by atoms with E-state index in [1.165, 1.54) is 0 Å². The van der Waals surface area contributed by atoms with Crippen LogP contribution in [0.25, 0.3) is 0 Å². The van der Waals surface area contributed by atoms with Crippen molar-refractivity contribution in [3.05, 3.63) is 27.6 Å². The van der Waals surface area contributed by atoms with Gasteiger partial charge in [0.1, 0.15) is 0 Å². The fraction of sp³-hybridized carbons (Fsp3) is 0.250. The van der Waals surface area contributed by atoms with Crippen LogP contribution in [-0.2, 0) is 11.3 Å². The first kappa shape index (κ1) is 10.2. The third-order valence-corrected chi connectivity index (χ3v) is 2.08. The summed E-state index contributed by atoms with van der Waals surface area (Å²) in [5.74, 6) is -0.887. The lowest BCUT2D eigenvalue weighted by Crippen LogP contribution is -2.00. The lowest BCUT2D eigenvalue weighted by molar-refractivity contribution is -0.132. The number of carboxylic acid groups (broad SMARTS) is 1. The van der Waals surface area contributed by atoms with E-state index in [-0.39, 0.29) is 0 Å². The SMILES string of the molecule is C/C(=C/Cn1cc(I)cn1)C(=O)O. The highest BCUT2D eigenvalue weighted by molar-refractivity contribution is 14.1. The minimum absolute atomic E-state index is 0.338. The summed E-state index contributed by atoms with van der Waals surface area (Å²) in [5, 5.41) is 12.6. The largest absolute Gasteiger partial charge is 0.478 e. The van der Waals surface area contributed by atoms with Gasteiger partial charge in [0.2, 0.25) is 0 Å². The van der Waals surface area contributed by atoms with Crippen LogP contribution < -0.4 is 0 Å². The van der Waals surface area contributed by atoms with Crippen LogP contribution in [0, 0.1) is 3.57 Å². The maximum Gasteiger partial charge on any atom is 0.331 e. The van der Waals surface area contributed by atoms with Gasteiger partial charge in [0.05, 0.1) is 16.3 Å². The molecule has 1 rings (SSSR count). The normalized spacial score (nSPS) is 11.7. The van der Waals surface area contributed by atoms with Gasteiger partial charge in [0.15, 0.2) is 0 Å². The molecule has 0 spiro atoms. The second-order valence-corrected chi connectivity index (χ2v) is 3.82. The molecule has 1 N–H and O–H groups in total. The topological polar surface area (TPSA) is 55.1 Å². The van der Waals surface area contributed by atoms with Crippen LogP contribution >= 0.6 is 22.6 Å². The molecule has 0 aliphatic rings. The number of rotatable bonds is 3. The molecule has 0 amide bonds. The number of nitrogens with zero attached hydrogens (tertiary/aromatic N) is 2. The van der Waals surface area contributed by atoms with Crippen molar-refractivity contribution >= 4 is 28.6 Å². The zero-order chi connectivity index (χ0) is 9.84. The van der Waals surface area contributed by atoms with E-state index in [0.717, 1.165) is 3.57 Å². The number of carbonyl (C=O) groups is 1. The average molecular weight is 292 g/mol. The maximum atomic E-state index is 10.4. The summed E-state index contributed by atoms with van der Waals surface area (Å²) in [6.07, 6.45) is 5.21. The molecule has 0 aliphatic heterocycles. The van der Waals surface area contributed by atoms with Crippen molar-refractivity contribution in [2.45, 2.75) is 13.5 Å². The molecule has 1 aromatic heterocycles. The summed E-state index contributed by atoms with van der Waals surface area (Å²) in [5.41, 5.74) is 0.338. The van der Waals surface area contributed by atoms with Crippen LogP contribution in [0.4, 0.5) is 0 Å². The van der Waals surface area contributed by atoms with Crippen LogP contribution in [-0.4, -0.2) is 20.9 Å². The molecule has 5 heteroatoms. The number of hydrogen-bond acceptors (Lipinski definition) is 2. The quantitative estimate of drug-likeness (QED) is 0.679. The van der Waals surface area contributed by atoms with E-state index in [9.17, 15) is 4.79 Å². The Labute approximate surface area is 89.4 Å². The molecule has 4 nitrogen and oxygen atoms in total. The van der Waals surface area contributed by atoms with Crippen molar-refractivity contribution in [1.29, 1.82) is 0 Å². The lowest BCUT2D eigenvalue weighted by atomic mass is 10.3. The molecule has 1 heterocycles. The highest BCUT2D eigenvalue weighted by Crippen LogP contribution is 2.02. The smallest absolute Gasteiger partial charge is 0.331 e. The Kier molecular flexibility index (Phi) is 3.47. The first-order valence-corrected chi connectivity index (χ1v) is 4.75. The predicted octanol–water partition coefficient (Wildman–Crippen LogP) is 1.52. The molecule has 0 saturated heterocycles. The monoisotopic (exact) mass is 292 g/mol. The van der Waals surface area contributed by atoms with Crippen LogP contribution in [0.15, 0.2) is 24.0 Å². The molecular weight excluding hydrogens is 283 g/mol. The van der Waals surface area contributed by atoms with E-state index in [0.29, 0.717) is 12.1 Å². The van der Waals surface area contributed by atoms with Gasteiger partial charge in [-0.25, -0.2) is 4.79 Å². The molecule has 0 aliphatic carbocycles. The molecule has 0 fully saturated rings. The van der Waals surface area contributed by atoms with Gasteiger partial charge < -0.3 is 5.11 Å². The Bertz CT molecular complexity index is 344. The Morgan fingerprint density at radius 2 is 2.54 bits per heavy atom. The Morgan fingerprint density at radius 1 is 1.85 bits per heavy atom. The molecule has 70 valence electrons. The fourth-order valence-corrected chi connectivity index (χ4v) is 1.20. The van der Waals surface area contributed by atoms with Crippen molar-refractivity contribution in [2.24, 2.45) is 0 Å². The summed E-state index contributed by atoms with van der Waals surface area (Å²) < 4.78 is 2.73. The Morgan fingerprint density at radius 3 is 3.00 bits per heavy atom. The van der Waals surface area contributed by atoms with Crippen molar-refractivity contribution < 1.29 is 9.90 Å². The van der Waals surface area contributed by atoms with Crippen molar-refractivity contribution in [1.82, 2.24) is 9.78 Å². The van der Waals surface area contributed by atoms with Crippen molar-refractivity contribution in [2.75, 3.05) is 0 Å². The molecule has 1 aromatic rings. The van der Waals surface area contributed by atoms with E-state index >= 15 is 0 Å². The molecule has 0 saturated carbocycles. The molecular formula is C8H9IN2O2. The number of carboxylic acids is 1. The van der Waals surface area contributed by atoms with Gasteiger partial charge in [-0.3, -0.25) is 4.68 Å². The van der Waals surface area contributed by atoms with Crippen molar-refractivity contribution in [3.63, 3.8) is 0 Å². The standard InChI is InChI=1S/C8H9IN2O2/c1-6(8(12)13)2-3-11-5-7(9)4-10-11/h2,4-5H,3H2,1H3,(H,12,13)/b6-2-.